The average molecular weight is 437 g/mol. The molecule has 2 aliphatic heterocycles. The molecule has 0 radical (unpaired) electrons. The lowest BCUT2D eigenvalue weighted by atomic mass is 9.97. The van der Waals surface area contributed by atoms with E-state index in [0.29, 0.717) is 23.6 Å². The van der Waals surface area contributed by atoms with Crippen LogP contribution < -0.4 is 4.90 Å². The molecule has 0 N–H and O–H groups in total. The molecule has 1 aromatic carbocycles. The van der Waals surface area contributed by atoms with Crippen LogP contribution in [-0.2, 0) is 7.05 Å². The summed E-state index contributed by atoms with van der Waals surface area (Å²) in [5.74, 6) is -0.323. The maximum absolute atomic E-state index is 14.5. The van der Waals surface area contributed by atoms with E-state index in [4.69, 9.17) is 4.98 Å². The third-order valence-corrected chi connectivity index (χ3v) is 8.27. The van der Waals surface area contributed by atoms with Crippen LogP contribution in [0.15, 0.2) is 30.6 Å². The van der Waals surface area contributed by atoms with E-state index in [1.54, 1.807) is 23.1 Å². The fourth-order valence-electron chi connectivity index (χ4n) is 5.34. The number of pyridine rings is 1. The van der Waals surface area contributed by atoms with Gasteiger partial charge in [-0.1, -0.05) is 11.3 Å². The van der Waals surface area contributed by atoms with E-state index < -0.39 is 0 Å². The van der Waals surface area contributed by atoms with Gasteiger partial charge in [-0.25, -0.2) is 9.37 Å². The zero-order chi connectivity index (χ0) is 21.3. The lowest BCUT2D eigenvalue weighted by molar-refractivity contribution is 0.161. The van der Waals surface area contributed by atoms with Crippen LogP contribution >= 0.6 is 11.3 Å². The summed E-state index contributed by atoms with van der Waals surface area (Å²) in [5, 5.41) is 6.01. The third kappa shape index (κ3) is 3.11. The number of hydrogen-bond donors (Lipinski definition) is 0. The van der Waals surface area contributed by atoms with Crippen LogP contribution in [0.5, 0.6) is 0 Å². The first-order chi connectivity index (χ1) is 15.0. The first-order valence-corrected chi connectivity index (χ1v) is 11.6. The summed E-state index contributed by atoms with van der Waals surface area (Å²) >= 11 is 1.69. The van der Waals surface area contributed by atoms with Gasteiger partial charge in [-0.3, -0.25) is 9.67 Å². The minimum atomic E-state index is -0.323. The predicted octanol–water partition coefficient (Wildman–Crippen LogP) is 4.45. The number of piperidine rings is 1. The monoisotopic (exact) mass is 436 g/mol. The average Bonchev–Trinajstić information content (AvgIpc) is 3.39. The Hall–Kier alpha value is -2.58. The van der Waals surface area contributed by atoms with Gasteiger partial charge in [0.05, 0.1) is 16.6 Å². The summed E-state index contributed by atoms with van der Waals surface area (Å²) in [6.45, 7) is 0. The maximum Gasteiger partial charge on any atom is 0.186 e. The summed E-state index contributed by atoms with van der Waals surface area (Å²) in [7, 11) is 6.25. The molecule has 0 amide bonds. The topological polar surface area (TPSA) is 50.1 Å². The Morgan fingerprint density at radius 3 is 2.68 bits per heavy atom. The van der Waals surface area contributed by atoms with Crippen molar-refractivity contribution in [2.24, 2.45) is 7.05 Å². The number of aromatic nitrogens is 4. The molecule has 2 aliphatic rings. The molecular formula is C23H25FN6S. The molecule has 8 heteroatoms. The minimum absolute atomic E-state index is 0.323. The van der Waals surface area contributed by atoms with Crippen LogP contribution in [0.25, 0.3) is 32.4 Å². The van der Waals surface area contributed by atoms with Gasteiger partial charge in [-0.2, -0.15) is 5.10 Å². The molecule has 2 atom stereocenters. The molecule has 2 bridgehead atoms. The lowest BCUT2D eigenvalue weighted by Crippen LogP contribution is -2.47. The number of anilines is 1. The Morgan fingerprint density at radius 1 is 1.13 bits per heavy atom. The van der Waals surface area contributed by atoms with Crippen molar-refractivity contribution < 1.29 is 4.39 Å². The SMILES string of the molecule is CN(c1nc2cnc(-c3cc(F)c4nn(C)cc4c3)cc2s1)C1CC2CCC(C1)N2C. The van der Waals surface area contributed by atoms with E-state index in [9.17, 15) is 4.39 Å². The largest absolute Gasteiger partial charge is 0.348 e. The number of hydrogen-bond acceptors (Lipinski definition) is 6. The van der Waals surface area contributed by atoms with Gasteiger partial charge in [0.1, 0.15) is 11.0 Å². The van der Waals surface area contributed by atoms with Crippen molar-refractivity contribution in [1.29, 1.82) is 0 Å². The van der Waals surface area contributed by atoms with Gasteiger partial charge < -0.3 is 9.80 Å². The van der Waals surface area contributed by atoms with Gasteiger partial charge in [-0.05, 0) is 50.9 Å². The Morgan fingerprint density at radius 2 is 1.90 bits per heavy atom. The number of benzene rings is 1. The Bertz CT molecular complexity index is 1280. The van der Waals surface area contributed by atoms with E-state index in [-0.39, 0.29) is 5.82 Å². The van der Waals surface area contributed by atoms with E-state index in [2.05, 4.69) is 34.0 Å². The van der Waals surface area contributed by atoms with Crippen molar-refractivity contribution in [3.05, 3.63) is 36.4 Å². The van der Waals surface area contributed by atoms with Crippen molar-refractivity contribution in [2.45, 2.75) is 43.8 Å². The lowest BCUT2D eigenvalue weighted by Gasteiger charge is -2.40. The summed E-state index contributed by atoms with van der Waals surface area (Å²) < 4.78 is 17.3. The molecular weight excluding hydrogens is 411 g/mol. The second-order valence-electron chi connectivity index (χ2n) is 9.02. The Labute approximate surface area is 184 Å². The Balaban J connectivity index is 1.32. The molecule has 0 saturated carbocycles. The number of aryl methyl sites for hydroxylation is 1. The summed E-state index contributed by atoms with van der Waals surface area (Å²) in [6, 6.07) is 7.43. The summed E-state index contributed by atoms with van der Waals surface area (Å²) in [4.78, 5) is 14.4. The van der Waals surface area contributed by atoms with Crippen LogP contribution in [0.3, 0.4) is 0 Å². The van der Waals surface area contributed by atoms with Crippen molar-refractivity contribution in [1.82, 2.24) is 24.6 Å². The number of nitrogens with zero attached hydrogens (tertiary/aromatic N) is 6. The quantitative estimate of drug-likeness (QED) is 0.475. The molecule has 2 unspecified atom stereocenters. The zero-order valence-corrected chi connectivity index (χ0v) is 18.7. The molecule has 6 nitrogen and oxygen atoms in total. The standard InChI is InChI=1S/C23H25FN6S/c1-28-12-14-6-13(7-18(24)22(14)27-28)19-10-21-20(11-25-19)26-23(31-21)30(3)17-8-15-4-5-16(9-17)29(15)2/h6-7,10-12,15-17H,4-5,8-9H2,1-3H3. The van der Waals surface area contributed by atoms with E-state index in [1.807, 2.05) is 24.5 Å². The fraction of sp³-hybridized carbons (Fsp3) is 0.435. The molecule has 2 saturated heterocycles. The predicted molar refractivity (Wildman–Crippen MR) is 123 cm³/mol. The number of thiazole rings is 1. The normalized spacial score (nSPS) is 23.8. The van der Waals surface area contributed by atoms with Crippen molar-refractivity contribution in [2.75, 3.05) is 19.0 Å². The fourth-order valence-corrected chi connectivity index (χ4v) is 6.35. The highest BCUT2D eigenvalue weighted by atomic mass is 32.1. The minimum Gasteiger partial charge on any atom is -0.348 e. The number of halogens is 1. The van der Waals surface area contributed by atoms with Crippen molar-refractivity contribution in [3.63, 3.8) is 0 Å². The van der Waals surface area contributed by atoms with Crippen LogP contribution in [0.4, 0.5) is 9.52 Å². The van der Waals surface area contributed by atoms with E-state index in [0.717, 1.165) is 32.0 Å². The van der Waals surface area contributed by atoms with Crippen LogP contribution in [0, 0.1) is 5.82 Å². The molecule has 0 aliphatic carbocycles. The van der Waals surface area contributed by atoms with E-state index >= 15 is 0 Å². The third-order valence-electron chi connectivity index (χ3n) is 7.16. The molecule has 2 fully saturated rings. The number of rotatable bonds is 3. The van der Waals surface area contributed by atoms with Crippen molar-refractivity contribution in [3.8, 4) is 11.3 Å². The molecule has 160 valence electrons. The Kier molecular flexibility index (Phi) is 4.30. The van der Waals surface area contributed by atoms with Gasteiger partial charge in [0, 0.05) is 49.4 Å². The molecule has 4 aromatic rings. The van der Waals surface area contributed by atoms with E-state index in [1.165, 1.54) is 31.7 Å². The molecule has 6 rings (SSSR count). The van der Waals surface area contributed by atoms with Gasteiger partial charge in [0.25, 0.3) is 0 Å². The van der Waals surface area contributed by atoms with Crippen molar-refractivity contribution >= 4 is 37.6 Å². The highest BCUT2D eigenvalue weighted by molar-refractivity contribution is 7.22. The van der Waals surface area contributed by atoms with Crippen LogP contribution in [0.2, 0.25) is 0 Å². The van der Waals surface area contributed by atoms with Gasteiger partial charge >= 0.3 is 0 Å². The highest BCUT2D eigenvalue weighted by Gasteiger charge is 2.40. The van der Waals surface area contributed by atoms with Gasteiger partial charge in [-0.15, -0.1) is 0 Å². The molecule has 5 heterocycles. The first-order valence-electron chi connectivity index (χ1n) is 10.8. The number of fused-ring (bicyclic) bond motifs is 4. The second kappa shape index (κ2) is 6.97. The summed E-state index contributed by atoms with van der Waals surface area (Å²) in [6.07, 6.45) is 8.67. The second-order valence-corrected chi connectivity index (χ2v) is 10.0. The van der Waals surface area contributed by atoms with Gasteiger partial charge in [0.15, 0.2) is 10.9 Å². The first kappa shape index (κ1) is 19.1. The van der Waals surface area contributed by atoms with Crippen LogP contribution in [-0.4, -0.2) is 56.9 Å². The van der Waals surface area contributed by atoms with Crippen LogP contribution in [0.1, 0.15) is 25.7 Å². The molecule has 31 heavy (non-hydrogen) atoms. The smallest absolute Gasteiger partial charge is 0.186 e. The summed E-state index contributed by atoms with van der Waals surface area (Å²) in [5.41, 5.74) is 2.80. The zero-order valence-electron chi connectivity index (χ0n) is 17.9. The van der Waals surface area contributed by atoms with Gasteiger partial charge in [0.2, 0.25) is 0 Å². The molecule has 3 aromatic heterocycles. The highest BCUT2D eigenvalue weighted by Crippen LogP contribution is 2.39. The molecule has 0 spiro atoms. The maximum atomic E-state index is 14.5.